The lowest BCUT2D eigenvalue weighted by Gasteiger charge is -2.32. The minimum absolute atomic E-state index is 0.0282. The molecule has 0 spiro atoms. The third kappa shape index (κ3) is 4.40. The van der Waals surface area contributed by atoms with Gasteiger partial charge in [0.2, 0.25) is 5.78 Å². The van der Waals surface area contributed by atoms with Gasteiger partial charge in [-0.05, 0) is 48.9 Å². The fourth-order valence-electron chi connectivity index (χ4n) is 4.50. The maximum Gasteiger partial charge on any atom is 0.356 e. The van der Waals surface area contributed by atoms with Gasteiger partial charge in [-0.25, -0.2) is 18.4 Å². The van der Waals surface area contributed by atoms with Crippen molar-refractivity contribution in [3.05, 3.63) is 59.7 Å². The summed E-state index contributed by atoms with van der Waals surface area (Å²) < 4.78 is 56.5. The lowest BCUT2D eigenvalue weighted by molar-refractivity contribution is 0.104. The fraction of sp³-hybridized carbons (Fsp3) is 0.500. The molecule has 3 heterocycles. The summed E-state index contributed by atoms with van der Waals surface area (Å²) in [6.07, 6.45) is 7.36. The van der Waals surface area contributed by atoms with E-state index in [2.05, 4.69) is 14.9 Å². The summed E-state index contributed by atoms with van der Waals surface area (Å²) in [4.78, 5) is 10.7. The molecule has 1 saturated carbocycles. The third-order valence-corrected chi connectivity index (χ3v) is 8.20. The number of imidazole rings is 1. The van der Waals surface area contributed by atoms with Gasteiger partial charge >= 0.3 is 5.25 Å². The first-order valence-electron chi connectivity index (χ1n) is 11.7. The molecule has 34 heavy (non-hydrogen) atoms. The molecule has 0 saturated heterocycles. The Hall–Kier alpha value is -2.59. The van der Waals surface area contributed by atoms with Crippen molar-refractivity contribution in [3.8, 4) is 0 Å². The highest BCUT2D eigenvalue weighted by molar-refractivity contribution is 7.90. The molecule has 0 N–H and O–H groups in total. The van der Waals surface area contributed by atoms with Crippen molar-refractivity contribution in [2.24, 2.45) is 0 Å². The van der Waals surface area contributed by atoms with Gasteiger partial charge in [-0.2, -0.15) is 13.1 Å². The van der Waals surface area contributed by atoms with Crippen molar-refractivity contribution >= 4 is 21.5 Å². The highest BCUT2D eigenvalue weighted by Crippen LogP contribution is 2.46. The molecule has 0 amide bonds. The van der Waals surface area contributed by atoms with E-state index in [1.165, 1.54) is 0 Å². The fourth-order valence-corrected chi connectivity index (χ4v) is 5.67. The van der Waals surface area contributed by atoms with E-state index < -0.39 is 15.3 Å². The molecule has 1 fully saturated rings. The van der Waals surface area contributed by atoms with Gasteiger partial charge in [0.05, 0.1) is 18.4 Å². The number of halogens is 2. The van der Waals surface area contributed by atoms with Crippen LogP contribution in [-0.2, 0) is 23.1 Å². The summed E-state index contributed by atoms with van der Waals surface area (Å²) in [5.41, 5.74) is 3.65. The van der Waals surface area contributed by atoms with Gasteiger partial charge in [-0.3, -0.25) is 4.40 Å². The molecular weight excluding hydrogens is 460 g/mol. The molecule has 1 aliphatic heterocycles. The average Bonchev–Trinajstić information content (AvgIpc) is 3.59. The molecule has 1 aromatic carbocycles. The van der Waals surface area contributed by atoms with E-state index in [4.69, 9.17) is 0 Å². The third-order valence-electron chi connectivity index (χ3n) is 6.34. The monoisotopic (exact) mass is 491 g/mol. The molecule has 2 aliphatic rings. The number of nitrogens with zero attached hydrogens (tertiary/aromatic N) is 5. The number of hydrogen-bond donors (Lipinski definition) is 0. The van der Waals surface area contributed by atoms with Crippen LogP contribution in [-0.4, -0.2) is 44.9 Å². The Labute approximate surface area is 199 Å². The second kappa shape index (κ2) is 9.22. The number of anilines is 1. The first-order chi connectivity index (χ1) is 16.2. The number of rotatable bonds is 5. The molecule has 3 aromatic rings. The van der Waals surface area contributed by atoms with Crippen LogP contribution in [0.5, 0.6) is 0 Å². The Bertz CT molecular complexity index is 1270. The highest BCUT2D eigenvalue weighted by Gasteiger charge is 2.46. The standard InChI is InChI=1S/C22H25F2N5O2S.C2H6/c1-15-12-27(32(30,31)22(2,23)24)14-19-18(16-7-8-16)5-3-6-20(19)29(15)13-17-11-26-21-25-9-4-10-28(17)21;1-2/h3-6,9-11,15-16H,7-8,12-14H2,1-2H3;1-2H3/t15-;/m1./s1. The van der Waals surface area contributed by atoms with Crippen LogP contribution in [0.4, 0.5) is 14.5 Å². The Morgan fingerprint density at radius 3 is 2.56 bits per heavy atom. The van der Waals surface area contributed by atoms with Crippen LogP contribution in [0.15, 0.2) is 42.9 Å². The van der Waals surface area contributed by atoms with E-state index in [9.17, 15) is 17.2 Å². The molecule has 10 heteroatoms. The maximum atomic E-state index is 14.1. The molecule has 1 atom stereocenters. The van der Waals surface area contributed by atoms with Gasteiger partial charge in [-0.1, -0.05) is 26.0 Å². The van der Waals surface area contributed by atoms with E-state index in [0.717, 1.165) is 39.7 Å². The summed E-state index contributed by atoms with van der Waals surface area (Å²) in [6.45, 7) is 6.69. The van der Waals surface area contributed by atoms with E-state index in [-0.39, 0.29) is 19.1 Å². The number of benzene rings is 1. The van der Waals surface area contributed by atoms with E-state index in [0.29, 0.717) is 25.2 Å². The largest absolute Gasteiger partial charge is 0.361 e. The lowest BCUT2D eigenvalue weighted by Crippen LogP contribution is -2.46. The number of sulfonamides is 1. The molecule has 0 radical (unpaired) electrons. The van der Waals surface area contributed by atoms with Gasteiger partial charge in [0.25, 0.3) is 10.0 Å². The topological polar surface area (TPSA) is 70.8 Å². The number of fused-ring (bicyclic) bond motifs is 2. The Morgan fingerprint density at radius 2 is 1.88 bits per heavy atom. The Balaban J connectivity index is 0.00000133. The Kier molecular flexibility index (Phi) is 6.65. The van der Waals surface area contributed by atoms with Gasteiger partial charge in [-0.15, -0.1) is 0 Å². The summed E-state index contributed by atoms with van der Waals surface area (Å²) in [7, 11) is -4.79. The maximum absolute atomic E-state index is 14.1. The zero-order valence-corrected chi connectivity index (χ0v) is 20.8. The predicted molar refractivity (Wildman–Crippen MR) is 128 cm³/mol. The number of alkyl halides is 2. The molecule has 184 valence electrons. The van der Waals surface area contributed by atoms with Crippen LogP contribution in [0.3, 0.4) is 0 Å². The van der Waals surface area contributed by atoms with Crippen molar-refractivity contribution < 1.29 is 17.2 Å². The molecule has 7 nitrogen and oxygen atoms in total. The molecule has 0 bridgehead atoms. The molecule has 1 aliphatic carbocycles. The van der Waals surface area contributed by atoms with Crippen LogP contribution in [0, 0.1) is 0 Å². The molecule has 0 unspecified atom stereocenters. The number of aromatic nitrogens is 3. The summed E-state index contributed by atoms with van der Waals surface area (Å²) in [5, 5.41) is -3.84. The van der Waals surface area contributed by atoms with Crippen molar-refractivity contribution in [2.75, 3.05) is 11.4 Å². The first kappa shape index (κ1) is 24.5. The molecule has 5 rings (SSSR count). The normalized spacial score (nSPS) is 19.4. The molecular formula is C24H31F2N5O2S. The summed E-state index contributed by atoms with van der Waals surface area (Å²) >= 11 is 0. The van der Waals surface area contributed by atoms with Crippen LogP contribution in [0.1, 0.15) is 63.3 Å². The van der Waals surface area contributed by atoms with Crippen molar-refractivity contribution in [2.45, 2.75) is 70.8 Å². The average molecular weight is 492 g/mol. The highest BCUT2D eigenvalue weighted by atomic mass is 32.2. The quantitative estimate of drug-likeness (QED) is 0.513. The Morgan fingerprint density at radius 1 is 1.15 bits per heavy atom. The van der Waals surface area contributed by atoms with Crippen LogP contribution < -0.4 is 4.90 Å². The first-order valence-corrected chi connectivity index (χ1v) is 13.1. The summed E-state index contributed by atoms with van der Waals surface area (Å²) in [6, 6.07) is 7.42. The van der Waals surface area contributed by atoms with Crippen molar-refractivity contribution in [3.63, 3.8) is 0 Å². The van der Waals surface area contributed by atoms with Gasteiger partial charge in [0.1, 0.15) is 0 Å². The zero-order chi connectivity index (χ0) is 24.7. The molecule has 2 aromatic heterocycles. The van der Waals surface area contributed by atoms with Gasteiger partial charge in [0, 0.05) is 44.1 Å². The summed E-state index contributed by atoms with van der Waals surface area (Å²) in [5.74, 6) is 0.929. The number of hydrogen-bond acceptors (Lipinski definition) is 5. The lowest BCUT2D eigenvalue weighted by atomic mass is 10.0. The van der Waals surface area contributed by atoms with Gasteiger partial charge in [0.15, 0.2) is 0 Å². The van der Waals surface area contributed by atoms with E-state index in [1.807, 2.05) is 55.6 Å². The van der Waals surface area contributed by atoms with E-state index >= 15 is 0 Å². The smallest absolute Gasteiger partial charge is 0.356 e. The van der Waals surface area contributed by atoms with Crippen molar-refractivity contribution in [1.82, 2.24) is 18.7 Å². The van der Waals surface area contributed by atoms with E-state index in [1.54, 1.807) is 12.4 Å². The second-order valence-corrected chi connectivity index (χ2v) is 10.9. The predicted octanol–water partition coefficient (Wildman–Crippen LogP) is 4.79. The second-order valence-electron chi connectivity index (χ2n) is 8.74. The van der Waals surface area contributed by atoms with Crippen molar-refractivity contribution in [1.29, 1.82) is 0 Å². The minimum Gasteiger partial charge on any atom is -0.361 e. The minimum atomic E-state index is -4.79. The zero-order valence-electron chi connectivity index (χ0n) is 19.9. The van der Waals surface area contributed by atoms with Crippen LogP contribution in [0.25, 0.3) is 5.78 Å². The van der Waals surface area contributed by atoms with Gasteiger partial charge < -0.3 is 4.90 Å². The SMILES string of the molecule is CC.C[C@@H]1CN(S(=O)(=O)C(C)(F)F)Cc2c(C3CC3)cccc2N1Cc1cnc2ncccn12. The van der Waals surface area contributed by atoms with Crippen LogP contribution >= 0.6 is 0 Å². The van der Waals surface area contributed by atoms with Crippen LogP contribution in [0.2, 0.25) is 0 Å².